The lowest BCUT2D eigenvalue weighted by Crippen LogP contribution is -2.05. The Morgan fingerprint density at radius 2 is 2.50 bits per heavy atom. The molecule has 66 valence electrons. The molecule has 1 rings (SSSR count). The number of esters is 1. The largest absolute Gasteiger partial charge is 0.461 e. The van der Waals surface area contributed by atoms with E-state index in [1.807, 2.05) is 0 Å². The maximum Gasteiger partial charge on any atom is 0.357 e. The number of hydrogen-bond donors (Lipinski definition) is 1. The van der Waals surface area contributed by atoms with Crippen LogP contribution in [0.4, 0.5) is 0 Å². The molecule has 0 unspecified atom stereocenters. The number of aromatic amines is 1. The van der Waals surface area contributed by atoms with Gasteiger partial charge in [0.1, 0.15) is 4.60 Å². The zero-order valence-corrected chi connectivity index (χ0v) is 8.57. The number of ether oxygens (including phenoxy) is 1. The van der Waals surface area contributed by atoms with E-state index < -0.39 is 5.97 Å². The molecule has 0 amide bonds. The lowest BCUT2D eigenvalue weighted by Gasteiger charge is -1.97. The molecule has 0 aliphatic heterocycles. The smallest absolute Gasteiger partial charge is 0.357 e. The second kappa shape index (κ2) is 3.91. The van der Waals surface area contributed by atoms with Gasteiger partial charge in [0.15, 0.2) is 5.69 Å². The third-order valence-corrected chi connectivity index (χ3v) is 1.86. The summed E-state index contributed by atoms with van der Waals surface area (Å²) in [6.45, 7) is 2.05. The van der Waals surface area contributed by atoms with Crippen LogP contribution in [0.1, 0.15) is 17.4 Å². The number of rotatable bonds is 2. The van der Waals surface area contributed by atoms with E-state index in [4.69, 9.17) is 16.3 Å². The Kier molecular flexibility index (Phi) is 3.11. The van der Waals surface area contributed by atoms with Gasteiger partial charge >= 0.3 is 5.97 Å². The topological polar surface area (TPSA) is 55.0 Å². The van der Waals surface area contributed by atoms with Crippen molar-refractivity contribution in [3.05, 3.63) is 15.6 Å². The molecule has 4 nitrogen and oxygen atoms in total. The molecule has 0 saturated carbocycles. The molecule has 0 aliphatic carbocycles. The van der Waals surface area contributed by atoms with Gasteiger partial charge in [0, 0.05) is 0 Å². The maximum atomic E-state index is 11.1. The number of nitrogens with one attached hydrogen (secondary N) is 1. The molecule has 0 aromatic carbocycles. The van der Waals surface area contributed by atoms with E-state index in [-0.39, 0.29) is 11.0 Å². The number of imidazole rings is 1. The van der Waals surface area contributed by atoms with E-state index in [2.05, 4.69) is 25.9 Å². The Morgan fingerprint density at radius 3 is 2.92 bits per heavy atom. The maximum absolute atomic E-state index is 11.1. The molecule has 1 N–H and O–H groups in total. The molecule has 0 fully saturated rings. The summed E-state index contributed by atoms with van der Waals surface area (Å²) in [5.41, 5.74) is 0.238. The highest BCUT2D eigenvalue weighted by Gasteiger charge is 2.15. The second-order valence-electron chi connectivity index (χ2n) is 1.91. The number of nitrogens with zero attached hydrogens (tertiary/aromatic N) is 1. The van der Waals surface area contributed by atoms with Gasteiger partial charge in [-0.05, 0) is 34.5 Å². The number of hydrogen-bond acceptors (Lipinski definition) is 3. The fraction of sp³-hybridized carbons (Fsp3) is 0.333. The van der Waals surface area contributed by atoms with Gasteiger partial charge in [0.05, 0.1) is 6.61 Å². The van der Waals surface area contributed by atoms with Gasteiger partial charge in [-0.3, -0.25) is 0 Å². The van der Waals surface area contributed by atoms with E-state index in [0.717, 1.165) is 0 Å². The average molecular weight is 253 g/mol. The van der Waals surface area contributed by atoms with Crippen molar-refractivity contribution in [3.8, 4) is 0 Å². The lowest BCUT2D eigenvalue weighted by molar-refractivity contribution is 0.0519. The zero-order valence-electron chi connectivity index (χ0n) is 6.23. The van der Waals surface area contributed by atoms with E-state index in [1.165, 1.54) is 0 Å². The molecular weight excluding hydrogens is 247 g/mol. The van der Waals surface area contributed by atoms with Crippen LogP contribution >= 0.6 is 27.5 Å². The Morgan fingerprint density at radius 1 is 1.83 bits per heavy atom. The Bertz CT molecular complexity index is 300. The molecule has 1 aromatic rings. The minimum absolute atomic E-state index is 0.157. The van der Waals surface area contributed by atoms with Gasteiger partial charge in [-0.15, -0.1) is 0 Å². The first-order valence-corrected chi connectivity index (χ1v) is 4.40. The summed E-state index contributed by atoms with van der Waals surface area (Å²) >= 11 is 8.57. The standard InChI is InChI=1S/C6H6BrClN2O2/c1-2-12-5(11)3-4(7)10-6(8)9-3/h2H2,1H3,(H,9,10). The van der Waals surface area contributed by atoms with Crippen LogP contribution in [0.3, 0.4) is 0 Å². The predicted octanol–water partition coefficient (Wildman–Crippen LogP) is 2.00. The second-order valence-corrected chi connectivity index (χ2v) is 3.02. The number of H-pyrrole nitrogens is 1. The van der Waals surface area contributed by atoms with Crippen LogP contribution in [0.5, 0.6) is 0 Å². The fourth-order valence-corrected chi connectivity index (χ4v) is 1.38. The molecule has 1 heterocycles. The minimum atomic E-state index is -0.469. The molecular formula is C6H6BrClN2O2. The molecule has 0 saturated heterocycles. The van der Waals surface area contributed by atoms with Gasteiger partial charge < -0.3 is 9.72 Å². The van der Waals surface area contributed by atoms with Gasteiger partial charge in [-0.2, -0.15) is 0 Å². The summed E-state index contributed by atoms with van der Waals surface area (Å²) in [5.74, 6) is -0.469. The fourth-order valence-electron chi connectivity index (χ4n) is 0.663. The Balaban J connectivity index is 2.87. The molecule has 1 aromatic heterocycles. The first kappa shape index (κ1) is 9.54. The highest BCUT2D eigenvalue weighted by atomic mass is 79.9. The molecule has 0 aliphatic rings. The summed E-state index contributed by atoms with van der Waals surface area (Å²) in [5, 5.41) is 0.157. The molecule has 0 radical (unpaired) electrons. The molecule has 0 atom stereocenters. The quantitative estimate of drug-likeness (QED) is 0.820. The van der Waals surface area contributed by atoms with Crippen molar-refractivity contribution < 1.29 is 9.53 Å². The summed E-state index contributed by atoms with van der Waals surface area (Å²) in [6, 6.07) is 0. The van der Waals surface area contributed by atoms with Crippen LogP contribution < -0.4 is 0 Å². The van der Waals surface area contributed by atoms with Crippen molar-refractivity contribution in [2.75, 3.05) is 6.61 Å². The number of halogens is 2. The van der Waals surface area contributed by atoms with Crippen LogP contribution in [0.25, 0.3) is 0 Å². The number of carbonyl (C=O) groups excluding carboxylic acids is 1. The lowest BCUT2D eigenvalue weighted by atomic mass is 10.5. The van der Waals surface area contributed by atoms with Crippen molar-refractivity contribution in [2.45, 2.75) is 6.92 Å². The van der Waals surface area contributed by atoms with Gasteiger partial charge in [-0.25, -0.2) is 9.78 Å². The minimum Gasteiger partial charge on any atom is -0.461 e. The van der Waals surface area contributed by atoms with Crippen molar-refractivity contribution in [1.29, 1.82) is 0 Å². The Hall–Kier alpha value is -0.550. The third-order valence-electron chi connectivity index (χ3n) is 1.11. The highest BCUT2D eigenvalue weighted by molar-refractivity contribution is 9.10. The molecule has 12 heavy (non-hydrogen) atoms. The number of carbonyl (C=O) groups is 1. The SMILES string of the molecule is CCOC(=O)c1[nH]c(Cl)nc1Br. The summed E-state index contributed by atoms with van der Waals surface area (Å²) in [6.07, 6.45) is 0. The molecule has 0 bridgehead atoms. The predicted molar refractivity (Wildman–Crippen MR) is 47.3 cm³/mol. The van der Waals surface area contributed by atoms with Crippen LogP contribution in [-0.2, 0) is 4.74 Å². The van der Waals surface area contributed by atoms with Crippen molar-refractivity contribution in [1.82, 2.24) is 9.97 Å². The number of aromatic nitrogens is 2. The highest BCUT2D eigenvalue weighted by Crippen LogP contribution is 2.16. The van der Waals surface area contributed by atoms with Crippen molar-refractivity contribution in [2.24, 2.45) is 0 Å². The van der Waals surface area contributed by atoms with Gasteiger partial charge in [-0.1, -0.05) is 0 Å². The third kappa shape index (κ3) is 1.98. The first-order valence-electron chi connectivity index (χ1n) is 3.23. The Labute approximate surface area is 82.4 Å². The van der Waals surface area contributed by atoms with Crippen LogP contribution in [0.2, 0.25) is 5.28 Å². The molecule has 0 spiro atoms. The van der Waals surface area contributed by atoms with Crippen LogP contribution in [-0.4, -0.2) is 22.5 Å². The average Bonchev–Trinajstić information content (AvgIpc) is 2.30. The summed E-state index contributed by atoms with van der Waals surface area (Å²) in [7, 11) is 0. The summed E-state index contributed by atoms with van der Waals surface area (Å²) < 4.78 is 5.09. The monoisotopic (exact) mass is 252 g/mol. The molecule has 6 heteroatoms. The normalized spacial score (nSPS) is 9.92. The van der Waals surface area contributed by atoms with E-state index >= 15 is 0 Å². The van der Waals surface area contributed by atoms with Crippen LogP contribution in [0.15, 0.2) is 4.60 Å². The van der Waals surface area contributed by atoms with E-state index in [0.29, 0.717) is 11.2 Å². The first-order chi connectivity index (χ1) is 5.65. The van der Waals surface area contributed by atoms with Gasteiger partial charge in [0.25, 0.3) is 0 Å². The van der Waals surface area contributed by atoms with Crippen molar-refractivity contribution >= 4 is 33.5 Å². The summed E-state index contributed by atoms with van der Waals surface area (Å²) in [4.78, 5) is 17.4. The van der Waals surface area contributed by atoms with Crippen molar-refractivity contribution in [3.63, 3.8) is 0 Å². The zero-order chi connectivity index (χ0) is 9.14. The van der Waals surface area contributed by atoms with E-state index in [1.54, 1.807) is 6.92 Å². The van der Waals surface area contributed by atoms with E-state index in [9.17, 15) is 4.79 Å². The van der Waals surface area contributed by atoms with Gasteiger partial charge in [0.2, 0.25) is 5.28 Å². The van der Waals surface area contributed by atoms with Crippen LogP contribution in [0, 0.1) is 0 Å².